The lowest BCUT2D eigenvalue weighted by Gasteiger charge is -2.04. The van der Waals surface area contributed by atoms with Crippen LogP contribution in [0.4, 0.5) is 0 Å². The van der Waals surface area contributed by atoms with Gasteiger partial charge in [-0.05, 0) is 30.0 Å². The monoisotopic (exact) mass is 271 g/mol. The Morgan fingerprint density at radius 2 is 1.95 bits per heavy atom. The molecule has 1 unspecified atom stereocenters. The lowest BCUT2D eigenvalue weighted by Crippen LogP contribution is -2.01. The van der Waals surface area contributed by atoms with Crippen molar-refractivity contribution in [3.63, 3.8) is 0 Å². The van der Waals surface area contributed by atoms with Gasteiger partial charge in [0, 0.05) is 11.2 Å². The van der Waals surface area contributed by atoms with E-state index in [1.165, 1.54) is 31.1 Å². The second-order valence-electron chi connectivity index (χ2n) is 5.44. The largest absolute Gasteiger partial charge is 0.389 e. The molecule has 2 nitrogen and oxygen atoms in total. The van der Waals surface area contributed by atoms with E-state index in [4.69, 9.17) is 0 Å². The standard InChI is InChI=1S/C18H25NO/c1-2-3-4-5-6-10-17(20)13-12-16-14-15-9-7-8-11-18(15)19-16/h7-9,11-14,17,19-20H,2-6,10H2,1H3/b13-12+. The third-order valence-electron chi connectivity index (χ3n) is 3.65. The van der Waals surface area contributed by atoms with Crippen molar-refractivity contribution in [1.82, 2.24) is 4.98 Å². The molecular weight excluding hydrogens is 246 g/mol. The Balaban J connectivity index is 1.79. The average molecular weight is 271 g/mol. The molecule has 0 aliphatic heterocycles. The van der Waals surface area contributed by atoms with Crippen LogP contribution in [0, 0.1) is 0 Å². The topological polar surface area (TPSA) is 36.0 Å². The molecule has 2 N–H and O–H groups in total. The zero-order valence-electron chi connectivity index (χ0n) is 12.3. The third kappa shape index (κ3) is 4.53. The Morgan fingerprint density at radius 3 is 2.75 bits per heavy atom. The zero-order chi connectivity index (χ0) is 14.2. The first-order chi connectivity index (χ1) is 9.79. The molecule has 1 atom stereocenters. The van der Waals surface area contributed by atoms with Crippen LogP contribution in [0.5, 0.6) is 0 Å². The summed E-state index contributed by atoms with van der Waals surface area (Å²) in [6.07, 6.45) is 10.6. The highest BCUT2D eigenvalue weighted by Crippen LogP contribution is 2.16. The number of unbranched alkanes of at least 4 members (excludes halogenated alkanes) is 4. The Hall–Kier alpha value is -1.54. The van der Waals surface area contributed by atoms with E-state index < -0.39 is 0 Å². The van der Waals surface area contributed by atoms with Crippen LogP contribution in [0.3, 0.4) is 0 Å². The molecule has 0 saturated heterocycles. The summed E-state index contributed by atoms with van der Waals surface area (Å²) >= 11 is 0. The van der Waals surface area contributed by atoms with Gasteiger partial charge in [0.1, 0.15) is 0 Å². The van der Waals surface area contributed by atoms with E-state index in [2.05, 4.69) is 30.1 Å². The molecule has 2 heteroatoms. The second-order valence-corrected chi connectivity index (χ2v) is 5.44. The summed E-state index contributed by atoms with van der Waals surface area (Å²) in [5, 5.41) is 11.2. The fraction of sp³-hybridized carbons (Fsp3) is 0.444. The Kier molecular flexibility index (Phi) is 5.87. The normalized spacial score (nSPS) is 13.3. The molecule has 0 aliphatic carbocycles. The first-order valence-electron chi connectivity index (χ1n) is 7.73. The van der Waals surface area contributed by atoms with Crippen molar-refractivity contribution < 1.29 is 5.11 Å². The van der Waals surface area contributed by atoms with E-state index in [0.717, 1.165) is 24.1 Å². The van der Waals surface area contributed by atoms with E-state index >= 15 is 0 Å². The van der Waals surface area contributed by atoms with E-state index in [1.807, 2.05) is 24.3 Å². The number of aliphatic hydroxyl groups excluding tert-OH is 1. The van der Waals surface area contributed by atoms with Crippen molar-refractivity contribution in [2.45, 2.75) is 51.6 Å². The highest BCUT2D eigenvalue weighted by atomic mass is 16.3. The summed E-state index contributed by atoms with van der Waals surface area (Å²) in [4.78, 5) is 3.34. The van der Waals surface area contributed by atoms with Crippen LogP contribution in [0.25, 0.3) is 17.0 Å². The fourth-order valence-corrected chi connectivity index (χ4v) is 2.45. The maximum Gasteiger partial charge on any atom is 0.0724 e. The number of aliphatic hydroxyl groups is 1. The number of nitrogens with one attached hydrogen (secondary N) is 1. The fourth-order valence-electron chi connectivity index (χ4n) is 2.45. The Bertz CT molecular complexity index is 508. The number of hydrogen-bond donors (Lipinski definition) is 2. The smallest absolute Gasteiger partial charge is 0.0724 e. The molecule has 0 saturated carbocycles. The van der Waals surface area contributed by atoms with Gasteiger partial charge >= 0.3 is 0 Å². The summed E-state index contributed by atoms with van der Waals surface area (Å²) < 4.78 is 0. The number of aromatic amines is 1. The van der Waals surface area contributed by atoms with Crippen molar-refractivity contribution in [2.24, 2.45) is 0 Å². The van der Waals surface area contributed by atoms with Crippen LogP contribution in [0.2, 0.25) is 0 Å². The first kappa shape index (κ1) is 14.9. The van der Waals surface area contributed by atoms with Crippen LogP contribution in [-0.4, -0.2) is 16.2 Å². The molecular formula is C18H25NO. The molecule has 20 heavy (non-hydrogen) atoms. The Morgan fingerprint density at radius 1 is 1.15 bits per heavy atom. The SMILES string of the molecule is CCCCCCCC(O)/C=C/c1cc2ccccc2[nH]1. The van der Waals surface area contributed by atoms with Gasteiger partial charge in [-0.25, -0.2) is 0 Å². The summed E-state index contributed by atoms with van der Waals surface area (Å²) in [6.45, 7) is 2.22. The van der Waals surface area contributed by atoms with Crippen LogP contribution >= 0.6 is 0 Å². The average Bonchev–Trinajstić information content (AvgIpc) is 2.88. The lowest BCUT2D eigenvalue weighted by atomic mass is 10.1. The minimum atomic E-state index is -0.331. The van der Waals surface area contributed by atoms with Gasteiger partial charge in [0.15, 0.2) is 0 Å². The molecule has 1 heterocycles. The van der Waals surface area contributed by atoms with Gasteiger partial charge in [0.25, 0.3) is 0 Å². The third-order valence-corrected chi connectivity index (χ3v) is 3.65. The predicted molar refractivity (Wildman–Crippen MR) is 86.7 cm³/mol. The maximum atomic E-state index is 9.94. The summed E-state index contributed by atoms with van der Waals surface area (Å²) in [7, 11) is 0. The minimum absolute atomic E-state index is 0.331. The van der Waals surface area contributed by atoms with Crippen molar-refractivity contribution in [1.29, 1.82) is 0 Å². The van der Waals surface area contributed by atoms with Crippen LogP contribution in [-0.2, 0) is 0 Å². The lowest BCUT2D eigenvalue weighted by molar-refractivity contribution is 0.209. The van der Waals surface area contributed by atoms with Gasteiger partial charge in [-0.2, -0.15) is 0 Å². The molecule has 0 radical (unpaired) electrons. The van der Waals surface area contributed by atoms with Crippen molar-refractivity contribution in [2.75, 3.05) is 0 Å². The number of H-pyrrole nitrogens is 1. The van der Waals surface area contributed by atoms with Gasteiger partial charge in [0.2, 0.25) is 0 Å². The predicted octanol–water partition coefficient (Wildman–Crippen LogP) is 4.90. The molecule has 0 fully saturated rings. The van der Waals surface area contributed by atoms with Crippen molar-refractivity contribution >= 4 is 17.0 Å². The van der Waals surface area contributed by atoms with Gasteiger partial charge in [-0.3, -0.25) is 0 Å². The summed E-state index contributed by atoms with van der Waals surface area (Å²) in [6, 6.07) is 10.3. The number of rotatable bonds is 8. The molecule has 0 amide bonds. The number of aromatic nitrogens is 1. The molecule has 0 spiro atoms. The van der Waals surface area contributed by atoms with Crippen LogP contribution in [0.15, 0.2) is 36.4 Å². The van der Waals surface area contributed by atoms with E-state index in [1.54, 1.807) is 0 Å². The minimum Gasteiger partial charge on any atom is -0.389 e. The quantitative estimate of drug-likeness (QED) is 0.658. The second kappa shape index (κ2) is 7.91. The zero-order valence-corrected chi connectivity index (χ0v) is 12.3. The summed E-state index contributed by atoms with van der Waals surface area (Å²) in [5.41, 5.74) is 2.19. The highest BCUT2D eigenvalue weighted by molar-refractivity contribution is 5.82. The van der Waals surface area contributed by atoms with E-state index in [-0.39, 0.29) is 6.10 Å². The number of para-hydroxylation sites is 1. The van der Waals surface area contributed by atoms with E-state index in [0.29, 0.717) is 0 Å². The van der Waals surface area contributed by atoms with Crippen molar-refractivity contribution in [3.8, 4) is 0 Å². The summed E-state index contributed by atoms with van der Waals surface area (Å²) in [5.74, 6) is 0. The molecule has 0 aliphatic rings. The molecule has 1 aromatic heterocycles. The molecule has 0 bridgehead atoms. The number of benzene rings is 1. The molecule has 2 aromatic rings. The number of fused-ring (bicyclic) bond motifs is 1. The van der Waals surface area contributed by atoms with Gasteiger partial charge in [-0.15, -0.1) is 0 Å². The first-order valence-corrected chi connectivity index (χ1v) is 7.73. The molecule has 108 valence electrons. The maximum absolute atomic E-state index is 9.94. The van der Waals surface area contributed by atoms with Gasteiger partial charge in [0.05, 0.1) is 6.10 Å². The van der Waals surface area contributed by atoms with Crippen LogP contribution < -0.4 is 0 Å². The van der Waals surface area contributed by atoms with E-state index in [9.17, 15) is 5.11 Å². The van der Waals surface area contributed by atoms with Crippen LogP contribution in [0.1, 0.15) is 51.1 Å². The molecule has 1 aromatic carbocycles. The Labute approximate surface area is 121 Å². The van der Waals surface area contributed by atoms with Gasteiger partial charge < -0.3 is 10.1 Å². The highest BCUT2D eigenvalue weighted by Gasteiger charge is 2.00. The number of hydrogen-bond acceptors (Lipinski definition) is 1. The molecule has 2 rings (SSSR count). The van der Waals surface area contributed by atoms with Crippen molar-refractivity contribution in [3.05, 3.63) is 42.1 Å². The van der Waals surface area contributed by atoms with Gasteiger partial charge in [-0.1, -0.05) is 63.3 Å².